The fourth-order valence-electron chi connectivity index (χ4n) is 2.03. The average molecular weight is 354 g/mol. The standard InChI is InChI=1S/C13H14O3.3CO.Cr/c1-2-12(14)16-8-7-13(15)9-10-5-3-4-6-11(10)13;3*1-2;/h2-6,15H,1,7-9H2;;;;/q;;;;+6. The predicted molar refractivity (Wildman–Crippen MR) is 71.6 cm³/mol. The number of ether oxygens (including phenoxy) is 1. The third-order valence-corrected chi connectivity index (χ3v) is 2.93. The Hall–Kier alpha value is -1.86. The molecule has 0 bridgehead atoms. The van der Waals surface area contributed by atoms with Crippen LogP contribution in [0, 0.1) is 20.0 Å². The summed E-state index contributed by atoms with van der Waals surface area (Å²) in [6.07, 6.45) is 2.19. The van der Waals surface area contributed by atoms with Gasteiger partial charge in [0.1, 0.15) is 0 Å². The Bertz CT molecular complexity index is 535. The first-order chi connectivity index (χ1) is 10.7. The van der Waals surface area contributed by atoms with Crippen molar-refractivity contribution in [2.75, 3.05) is 6.61 Å². The van der Waals surface area contributed by atoms with Crippen molar-refractivity contribution in [3.8, 4) is 0 Å². The van der Waals surface area contributed by atoms with Gasteiger partial charge in [-0.15, -0.1) is 0 Å². The van der Waals surface area contributed by atoms with Crippen molar-refractivity contribution in [1.29, 1.82) is 0 Å². The van der Waals surface area contributed by atoms with Crippen LogP contribution in [0.5, 0.6) is 0 Å². The number of aliphatic hydroxyl groups is 1. The molecule has 1 atom stereocenters. The summed E-state index contributed by atoms with van der Waals surface area (Å²) in [4.78, 5) is 10.8. The van der Waals surface area contributed by atoms with E-state index in [4.69, 9.17) is 18.7 Å². The van der Waals surface area contributed by atoms with E-state index in [-0.39, 0.29) is 24.0 Å². The first-order valence-corrected chi connectivity index (χ1v) is 5.87. The van der Waals surface area contributed by atoms with Gasteiger partial charge in [-0.05, 0) is 11.1 Å². The zero-order valence-corrected chi connectivity index (χ0v) is 13.4. The molecule has 1 N–H and O–H groups in total. The minimum atomic E-state index is -0.821. The Morgan fingerprint density at radius 1 is 1.26 bits per heavy atom. The van der Waals surface area contributed by atoms with Crippen molar-refractivity contribution in [2.45, 2.75) is 18.4 Å². The first-order valence-electron chi connectivity index (χ1n) is 5.87. The summed E-state index contributed by atoms with van der Waals surface area (Å²) in [5.41, 5.74) is 1.29. The maximum atomic E-state index is 10.8. The zero-order chi connectivity index (χ0) is 17.6. The molecule has 1 aromatic rings. The van der Waals surface area contributed by atoms with Crippen LogP contribution in [0.3, 0.4) is 0 Å². The molecule has 0 saturated heterocycles. The van der Waals surface area contributed by atoms with Gasteiger partial charge in [-0.1, -0.05) is 30.8 Å². The van der Waals surface area contributed by atoms with Gasteiger partial charge in [0, 0.05) is 18.9 Å². The molecule has 0 amide bonds. The Balaban J connectivity index is -0.000000514. The van der Waals surface area contributed by atoms with Crippen molar-refractivity contribution in [3.05, 3.63) is 68.0 Å². The number of esters is 1. The van der Waals surface area contributed by atoms with Crippen molar-refractivity contribution in [3.63, 3.8) is 0 Å². The minimum absolute atomic E-state index is 0. The van der Waals surface area contributed by atoms with Crippen molar-refractivity contribution >= 4 is 5.97 Å². The van der Waals surface area contributed by atoms with Gasteiger partial charge in [-0.2, -0.15) is 0 Å². The molecule has 0 aromatic heterocycles. The molecule has 0 radical (unpaired) electrons. The van der Waals surface area contributed by atoms with E-state index in [1.54, 1.807) is 0 Å². The fraction of sp³-hybridized carbons (Fsp3) is 0.250. The van der Waals surface area contributed by atoms with Crippen molar-refractivity contribution < 1.29 is 46.0 Å². The number of hydrogen-bond donors (Lipinski definition) is 1. The van der Waals surface area contributed by atoms with Gasteiger partial charge in [0.25, 0.3) is 0 Å². The van der Waals surface area contributed by atoms with Crippen molar-refractivity contribution in [1.82, 2.24) is 0 Å². The molecule has 2 rings (SSSR count). The normalized spacial score (nSPS) is 15.4. The van der Waals surface area contributed by atoms with E-state index in [1.165, 1.54) is 5.56 Å². The topological polar surface area (TPSA) is 106 Å². The Morgan fingerprint density at radius 2 is 1.78 bits per heavy atom. The van der Waals surface area contributed by atoms with Crippen LogP contribution in [-0.2, 0) is 52.9 Å². The zero-order valence-electron chi connectivity index (χ0n) is 12.1. The third-order valence-electron chi connectivity index (χ3n) is 2.93. The fourth-order valence-corrected chi connectivity index (χ4v) is 2.03. The van der Waals surface area contributed by atoms with Gasteiger partial charge in [-0.3, -0.25) is 0 Å². The molecule has 1 unspecified atom stereocenters. The number of carbonyl (C=O) groups excluding carboxylic acids is 1. The molecule has 7 heteroatoms. The van der Waals surface area contributed by atoms with E-state index in [2.05, 4.69) is 26.5 Å². The van der Waals surface area contributed by atoms with E-state index >= 15 is 0 Å². The second-order valence-electron chi connectivity index (χ2n) is 3.99. The molecular weight excluding hydrogens is 340 g/mol. The molecular formula is C16H14CrO6+6. The maximum Gasteiger partial charge on any atom is 6.00 e. The van der Waals surface area contributed by atoms with E-state index in [0.717, 1.165) is 11.6 Å². The van der Waals surface area contributed by atoms with Crippen molar-refractivity contribution in [2.24, 2.45) is 0 Å². The average Bonchev–Trinajstić information content (AvgIpc) is 2.59. The van der Waals surface area contributed by atoms with Gasteiger partial charge in [-0.25, -0.2) is 4.79 Å². The molecule has 0 spiro atoms. The van der Waals surface area contributed by atoms with Crippen LogP contribution in [0.4, 0.5) is 0 Å². The Labute approximate surface area is 145 Å². The van der Waals surface area contributed by atoms with Gasteiger partial charge < -0.3 is 9.84 Å². The summed E-state index contributed by atoms with van der Waals surface area (Å²) in [5.74, 6) is -0.448. The Morgan fingerprint density at radius 3 is 2.26 bits per heavy atom. The molecule has 23 heavy (non-hydrogen) atoms. The predicted octanol–water partition coefficient (Wildman–Crippen LogP) is 1.43. The minimum Gasteiger partial charge on any atom is 6.00 e. The maximum absolute atomic E-state index is 10.8. The monoisotopic (exact) mass is 354 g/mol. The van der Waals surface area contributed by atoms with Crippen LogP contribution < -0.4 is 0 Å². The summed E-state index contributed by atoms with van der Waals surface area (Å²) in [6.45, 7) is 17.0. The summed E-state index contributed by atoms with van der Waals surface area (Å²) >= 11 is 0. The van der Waals surface area contributed by atoms with Crippen LogP contribution in [0.1, 0.15) is 17.5 Å². The smallest absolute Gasteiger partial charge is 6.00 e. The molecule has 1 aliphatic rings. The molecule has 114 valence electrons. The van der Waals surface area contributed by atoms with Crippen LogP contribution in [-0.4, -0.2) is 17.7 Å². The van der Waals surface area contributed by atoms with E-state index < -0.39 is 11.6 Å². The van der Waals surface area contributed by atoms with E-state index in [0.29, 0.717) is 12.8 Å². The summed E-state index contributed by atoms with van der Waals surface area (Å²) in [5, 5.41) is 10.2. The number of benzene rings is 1. The quantitative estimate of drug-likeness (QED) is 0.383. The van der Waals surface area contributed by atoms with Gasteiger partial charge in [0.2, 0.25) is 0 Å². The molecule has 0 fully saturated rings. The van der Waals surface area contributed by atoms with Gasteiger partial charge in [0.15, 0.2) is 0 Å². The number of rotatable bonds is 4. The van der Waals surface area contributed by atoms with E-state index in [1.807, 2.05) is 24.3 Å². The summed E-state index contributed by atoms with van der Waals surface area (Å²) in [7, 11) is 0. The molecule has 0 aliphatic heterocycles. The number of fused-ring (bicyclic) bond motifs is 1. The number of hydrogen-bond acceptors (Lipinski definition) is 3. The molecule has 1 aliphatic carbocycles. The third kappa shape index (κ3) is 7.81. The van der Waals surface area contributed by atoms with Crippen LogP contribution >= 0.6 is 0 Å². The van der Waals surface area contributed by atoms with E-state index in [9.17, 15) is 9.90 Å². The van der Waals surface area contributed by atoms with Gasteiger partial charge in [0.05, 0.1) is 12.2 Å². The number of carbonyl (C=O) groups is 1. The second-order valence-corrected chi connectivity index (χ2v) is 3.99. The van der Waals surface area contributed by atoms with Gasteiger partial charge >= 0.3 is 57.2 Å². The molecule has 0 heterocycles. The molecule has 0 saturated carbocycles. The first kappa shape index (κ1) is 26.1. The van der Waals surface area contributed by atoms with Crippen LogP contribution in [0.15, 0.2) is 36.9 Å². The molecule has 6 nitrogen and oxygen atoms in total. The largest absolute Gasteiger partial charge is 6.00 e. The van der Waals surface area contributed by atoms with Crippen LogP contribution in [0.25, 0.3) is 0 Å². The second kappa shape index (κ2) is 15.1. The Kier molecular flexibility index (Phi) is 17.1. The molecule has 1 aromatic carbocycles. The summed E-state index contributed by atoms with van der Waals surface area (Å²) in [6, 6.07) is 7.77. The van der Waals surface area contributed by atoms with Crippen LogP contribution in [0.2, 0.25) is 0 Å². The SMILES string of the molecule is C=CC(=O)OCCC1(O)Cc2ccccc21.[C-]#[O+].[C-]#[O+].[C-]#[O+].[Cr+6]. The summed E-state index contributed by atoms with van der Waals surface area (Å²) < 4.78 is 27.4.